The Labute approximate surface area is 155 Å². The number of piperidine rings is 1. The van der Waals surface area contributed by atoms with Gasteiger partial charge < -0.3 is 4.90 Å². The minimum absolute atomic E-state index is 0.122. The van der Waals surface area contributed by atoms with Gasteiger partial charge in [-0.2, -0.15) is 0 Å². The van der Waals surface area contributed by atoms with E-state index in [9.17, 15) is 4.79 Å². The highest BCUT2D eigenvalue weighted by atomic mass is 79.9. The molecule has 1 aliphatic rings. The van der Waals surface area contributed by atoms with Gasteiger partial charge in [-0.1, -0.05) is 46.3 Å². The molecule has 0 bridgehead atoms. The average Bonchev–Trinajstić information content (AvgIpc) is 2.68. The van der Waals surface area contributed by atoms with Crippen molar-refractivity contribution in [2.75, 3.05) is 13.1 Å². The molecule has 1 aliphatic heterocycles. The van der Waals surface area contributed by atoms with Gasteiger partial charge in [0, 0.05) is 28.5 Å². The molecule has 1 aromatic heterocycles. The minimum Gasteiger partial charge on any atom is -0.339 e. The van der Waals surface area contributed by atoms with Crippen molar-refractivity contribution >= 4 is 32.7 Å². The Hall–Kier alpha value is -2.20. The fraction of sp³-hybridized carbons (Fsp3) is 0.238. The third-order valence-corrected chi connectivity index (χ3v) is 5.26. The van der Waals surface area contributed by atoms with Gasteiger partial charge in [0.25, 0.3) is 5.91 Å². The van der Waals surface area contributed by atoms with Crippen molar-refractivity contribution < 1.29 is 4.79 Å². The summed E-state index contributed by atoms with van der Waals surface area (Å²) < 4.78 is 1.03. The third-order valence-electron chi connectivity index (χ3n) is 4.73. The Morgan fingerprint density at radius 1 is 0.960 bits per heavy atom. The number of fused-ring (bicyclic) bond motifs is 1. The molecule has 0 unspecified atom stereocenters. The number of likely N-dealkylation sites (tertiary alicyclic amines) is 1. The first-order valence-electron chi connectivity index (χ1n) is 8.67. The quantitative estimate of drug-likeness (QED) is 0.591. The van der Waals surface area contributed by atoms with Crippen LogP contribution in [-0.4, -0.2) is 28.9 Å². The number of pyridine rings is 1. The lowest BCUT2D eigenvalue weighted by Gasteiger charge is -2.27. The Morgan fingerprint density at radius 3 is 2.44 bits per heavy atom. The number of hydrogen-bond acceptors (Lipinski definition) is 2. The molecule has 0 aliphatic carbocycles. The van der Waals surface area contributed by atoms with E-state index in [4.69, 9.17) is 4.98 Å². The van der Waals surface area contributed by atoms with Gasteiger partial charge in [-0.05, 0) is 43.5 Å². The normalized spacial score (nSPS) is 14.7. The molecule has 2 aromatic carbocycles. The summed E-state index contributed by atoms with van der Waals surface area (Å²) in [7, 11) is 0. The van der Waals surface area contributed by atoms with Crippen LogP contribution in [0.4, 0.5) is 0 Å². The summed E-state index contributed by atoms with van der Waals surface area (Å²) in [4.78, 5) is 19.9. The number of carbonyl (C=O) groups is 1. The molecule has 1 fully saturated rings. The van der Waals surface area contributed by atoms with Crippen LogP contribution in [-0.2, 0) is 0 Å². The van der Waals surface area contributed by atoms with Crippen LogP contribution in [0.3, 0.4) is 0 Å². The van der Waals surface area contributed by atoms with E-state index in [0.29, 0.717) is 0 Å². The summed E-state index contributed by atoms with van der Waals surface area (Å²) in [5.74, 6) is 0.122. The Bertz CT molecular complexity index is 915. The zero-order chi connectivity index (χ0) is 17.2. The number of hydrogen-bond donors (Lipinski definition) is 0. The molecule has 0 radical (unpaired) electrons. The zero-order valence-corrected chi connectivity index (χ0v) is 15.5. The molecule has 1 amide bonds. The van der Waals surface area contributed by atoms with Gasteiger partial charge in [0.2, 0.25) is 0 Å². The van der Waals surface area contributed by atoms with Crippen molar-refractivity contribution in [2.24, 2.45) is 0 Å². The first kappa shape index (κ1) is 16.3. The largest absolute Gasteiger partial charge is 0.339 e. The molecule has 0 spiro atoms. The summed E-state index contributed by atoms with van der Waals surface area (Å²) >= 11 is 3.47. The van der Waals surface area contributed by atoms with Crippen molar-refractivity contribution in [3.05, 3.63) is 64.6 Å². The van der Waals surface area contributed by atoms with Gasteiger partial charge in [-0.15, -0.1) is 0 Å². The van der Waals surface area contributed by atoms with E-state index in [0.717, 1.165) is 58.1 Å². The molecule has 3 nitrogen and oxygen atoms in total. The van der Waals surface area contributed by atoms with Crippen LogP contribution in [0.25, 0.3) is 22.2 Å². The number of amides is 1. The van der Waals surface area contributed by atoms with Crippen molar-refractivity contribution in [3.8, 4) is 11.3 Å². The SMILES string of the molecule is O=C(c1cc(-c2ccc(Br)cc2)nc2ccccc12)N1CCCCC1. The average molecular weight is 395 g/mol. The number of benzene rings is 2. The smallest absolute Gasteiger partial charge is 0.254 e. The molecule has 2 heterocycles. The van der Waals surface area contributed by atoms with Crippen LogP contribution in [0.2, 0.25) is 0 Å². The number of nitrogens with zero attached hydrogens (tertiary/aromatic N) is 2. The van der Waals surface area contributed by atoms with Crippen LogP contribution >= 0.6 is 15.9 Å². The monoisotopic (exact) mass is 394 g/mol. The van der Waals surface area contributed by atoms with Gasteiger partial charge >= 0.3 is 0 Å². The maximum absolute atomic E-state index is 13.1. The Kier molecular flexibility index (Phi) is 4.53. The van der Waals surface area contributed by atoms with Crippen molar-refractivity contribution in [1.29, 1.82) is 0 Å². The maximum atomic E-state index is 13.1. The molecule has 126 valence electrons. The number of para-hydroxylation sites is 1. The van der Waals surface area contributed by atoms with E-state index < -0.39 is 0 Å². The van der Waals surface area contributed by atoms with Crippen molar-refractivity contribution in [2.45, 2.75) is 19.3 Å². The van der Waals surface area contributed by atoms with Crippen molar-refractivity contribution in [1.82, 2.24) is 9.88 Å². The lowest BCUT2D eigenvalue weighted by atomic mass is 10.0. The van der Waals surface area contributed by atoms with E-state index in [1.54, 1.807) is 0 Å². The summed E-state index contributed by atoms with van der Waals surface area (Å²) in [6, 6.07) is 17.9. The molecule has 0 atom stereocenters. The maximum Gasteiger partial charge on any atom is 0.254 e. The predicted molar refractivity (Wildman–Crippen MR) is 105 cm³/mol. The summed E-state index contributed by atoms with van der Waals surface area (Å²) in [5.41, 5.74) is 3.47. The molecule has 4 rings (SSSR count). The van der Waals surface area contributed by atoms with Gasteiger partial charge in [0.05, 0.1) is 16.8 Å². The first-order valence-corrected chi connectivity index (χ1v) is 9.47. The molecule has 1 saturated heterocycles. The third kappa shape index (κ3) is 3.31. The second kappa shape index (κ2) is 6.96. The van der Waals surface area contributed by atoms with E-state index in [-0.39, 0.29) is 5.91 Å². The second-order valence-corrected chi connectivity index (χ2v) is 7.35. The van der Waals surface area contributed by atoms with Crippen LogP contribution in [0.5, 0.6) is 0 Å². The lowest BCUT2D eigenvalue weighted by molar-refractivity contribution is 0.0726. The van der Waals surface area contributed by atoms with Crippen LogP contribution in [0, 0.1) is 0 Å². The molecule has 0 saturated carbocycles. The number of halogens is 1. The minimum atomic E-state index is 0.122. The zero-order valence-electron chi connectivity index (χ0n) is 13.9. The molecular formula is C21H19BrN2O. The van der Waals surface area contributed by atoms with Crippen LogP contribution in [0.1, 0.15) is 29.6 Å². The fourth-order valence-corrected chi connectivity index (χ4v) is 3.65. The number of aromatic nitrogens is 1. The summed E-state index contributed by atoms with van der Waals surface area (Å²) in [5, 5.41) is 0.930. The summed E-state index contributed by atoms with van der Waals surface area (Å²) in [6.45, 7) is 1.70. The van der Waals surface area contributed by atoms with E-state index in [1.807, 2.05) is 59.5 Å². The van der Waals surface area contributed by atoms with E-state index in [1.165, 1.54) is 6.42 Å². The van der Waals surface area contributed by atoms with E-state index >= 15 is 0 Å². The first-order chi connectivity index (χ1) is 12.2. The van der Waals surface area contributed by atoms with Gasteiger partial charge in [-0.3, -0.25) is 4.79 Å². The predicted octanol–water partition coefficient (Wildman–Crippen LogP) is 5.29. The van der Waals surface area contributed by atoms with E-state index in [2.05, 4.69) is 15.9 Å². The van der Waals surface area contributed by atoms with Crippen LogP contribution < -0.4 is 0 Å². The van der Waals surface area contributed by atoms with Gasteiger partial charge in [-0.25, -0.2) is 4.98 Å². The highest BCUT2D eigenvalue weighted by molar-refractivity contribution is 9.10. The van der Waals surface area contributed by atoms with Gasteiger partial charge in [0.15, 0.2) is 0 Å². The fourth-order valence-electron chi connectivity index (χ4n) is 3.39. The highest BCUT2D eigenvalue weighted by Crippen LogP contribution is 2.27. The Morgan fingerprint density at radius 2 is 1.68 bits per heavy atom. The standard InChI is InChI=1S/C21H19BrN2O/c22-16-10-8-15(9-11-16)20-14-18(17-6-2-3-7-19(17)23-20)21(25)24-12-4-1-5-13-24/h2-3,6-11,14H,1,4-5,12-13H2. The van der Waals surface area contributed by atoms with Crippen molar-refractivity contribution in [3.63, 3.8) is 0 Å². The van der Waals surface area contributed by atoms with Gasteiger partial charge in [0.1, 0.15) is 0 Å². The molecule has 4 heteroatoms. The summed E-state index contributed by atoms with van der Waals surface area (Å²) in [6.07, 6.45) is 3.40. The van der Waals surface area contributed by atoms with Crippen LogP contribution in [0.15, 0.2) is 59.1 Å². The lowest BCUT2D eigenvalue weighted by Crippen LogP contribution is -2.35. The molecular weight excluding hydrogens is 376 g/mol. The Balaban J connectivity index is 1.83. The molecule has 3 aromatic rings. The topological polar surface area (TPSA) is 33.2 Å². The second-order valence-electron chi connectivity index (χ2n) is 6.43. The number of rotatable bonds is 2. The molecule has 25 heavy (non-hydrogen) atoms. The highest BCUT2D eigenvalue weighted by Gasteiger charge is 2.21. The number of carbonyl (C=O) groups excluding carboxylic acids is 1. The molecule has 0 N–H and O–H groups in total.